The van der Waals surface area contributed by atoms with Gasteiger partial charge >= 0.3 is 0 Å². The fourth-order valence-electron chi connectivity index (χ4n) is 2.82. The lowest BCUT2D eigenvalue weighted by Crippen LogP contribution is -2.51. The van der Waals surface area contributed by atoms with Gasteiger partial charge in [-0.05, 0) is 60.3 Å². The maximum Gasteiger partial charge on any atom is 0.255 e. The molecule has 1 aromatic rings. The summed E-state index contributed by atoms with van der Waals surface area (Å²) >= 11 is 3.45. The van der Waals surface area contributed by atoms with Crippen LogP contribution in [0.5, 0.6) is 5.75 Å². The first-order valence-electron chi connectivity index (χ1n) is 6.94. The van der Waals surface area contributed by atoms with Crippen LogP contribution in [-0.4, -0.2) is 36.5 Å². The molecule has 0 spiro atoms. The molecule has 1 heterocycles. The van der Waals surface area contributed by atoms with Crippen LogP contribution in [0.2, 0.25) is 0 Å². The summed E-state index contributed by atoms with van der Waals surface area (Å²) in [5.74, 6) is 0.712. The normalized spacial score (nSPS) is 22.7. The second-order valence-electron chi connectivity index (χ2n) is 5.23. The summed E-state index contributed by atoms with van der Waals surface area (Å²) in [7, 11) is 1.60. The van der Waals surface area contributed by atoms with E-state index in [4.69, 9.17) is 10.5 Å². The van der Waals surface area contributed by atoms with Crippen LogP contribution in [0, 0.1) is 0 Å². The Labute approximate surface area is 128 Å². The molecular weight excluding hydrogens is 320 g/mol. The predicted octanol–water partition coefficient (Wildman–Crippen LogP) is 2.80. The topological polar surface area (TPSA) is 55.6 Å². The number of hydrogen-bond donors (Lipinski definition) is 1. The number of hydrogen-bond acceptors (Lipinski definition) is 3. The Balaban J connectivity index is 2.33. The highest BCUT2D eigenvalue weighted by Crippen LogP contribution is 2.29. The molecule has 2 rings (SSSR count). The summed E-state index contributed by atoms with van der Waals surface area (Å²) in [6, 6.07) is 5.81. The number of methoxy groups -OCH3 is 1. The van der Waals surface area contributed by atoms with Gasteiger partial charge in [0.25, 0.3) is 5.91 Å². The Morgan fingerprint density at radius 2 is 2.25 bits per heavy atom. The van der Waals surface area contributed by atoms with Crippen LogP contribution in [0.25, 0.3) is 0 Å². The van der Waals surface area contributed by atoms with Gasteiger partial charge in [0.05, 0.1) is 12.7 Å². The smallest absolute Gasteiger partial charge is 0.255 e. The molecule has 20 heavy (non-hydrogen) atoms. The largest absolute Gasteiger partial charge is 0.497 e. The molecule has 2 unspecified atom stereocenters. The van der Waals surface area contributed by atoms with E-state index in [2.05, 4.69) is 22.9 Å². The molecule has 1 amide bonds. The molecule has 1 fully saturated rings. The van der Waals surface area contributed by atoms with Crippen LogP contribution in [-0.2, 0) is 0 Å². The minimum absolute atomic E-state index is 0.0263. The number of ether oxygens (including phenoxy) is 1. The van der Waals surface area contributed by atoms with Crippen molar-refractivity contribution in [3.05, 3.63) is 28.2 Å². The van der Waals surface area contributed by atoms with Gasteiger partial charge in [-0.2, -0.15) is 0 Å². The van der Waals surface area contributed by atoms with Gasteiger partial charge in [0.1, 0.15) is 5.75 Å². The maximum atomic E-state index is 12.9. The van der Waals surface area contributed by atoms with E-state index in [1.165, 1.54) is 0 Å². The third-order valence-electron chi connectivity index (χ3n) is 3.94. The Morgan fingerprint density at radius 3 is 2.90 bits per heavy atom. The standard InChI is InChI=1S/C15H21BrN2O2/c1-10-4-3-5-11(9-17)18(10)15(19)13-8-12(20-2)6-7-14(13)16/h6-8,10-11H,3-5,9,17H2,1-2H3. The van der Waals surface area contributed by atoms with Crippen molar-refractivity contribution in [3.63, 3.8) is 0 Å². The molecule has 0 radical (unpaired) electrons. The summed E-state index contributed by atoms with van der Waals surface area (Å²) in [5, 5.41) is 0. The van der Waals surface area contributed by atoms with Gasteiger partial charge in [0.2, 0.25) is 0 Å². The molecule has 0 aliphatic carbocycles. The van der Waals surface area contributed by atoms with Crippen molar-refractivity contribution in [2.24, 2.45) is 5.73 Å². The second-order valence-corrected chi connectivity index (χ2v) is 6.08. The first kappa shape index (κ1) is 15.3. The predicted molar refractivity (Wildman–Crippen MR) is 83.0 cm³/mol. The first-order valence-corrected chi connectivity index (χ1v) is 7.74. The molecule has 110 valence electrons. The molecule has 1 aromatic carbocycles. The van der Waals surface area contributed by atoms with E-state index in [9.17, 15) is 4.79 Å². The number of piperidine rings is 1. The molecule has 1 aliphatic rings. The van der Waals surface area contributed by atoms with Crippen LogP contribution in [0.3, 0.4) is 0 Å². The van der Waals surface area contributed by atoms with Gasteiger partial charge in [-0.25, -0.2) is 0 Å². The Morgan fingerprint density at radius 1 is 1.50 bits per heavy atom. The third-order valence-corrected chi connectivity index (χ3v) is 4.63. The fraction of sp³-hybridized carbons (Fsp3) is 0.533. The molecule has 2 atom stereocenters. The van der Waals surface area contributed by atoms with Crippen LogP contribution < -0.4 is 10.5 Å². The number of benzene rings is 1. The Hall–Kier alpha value is -1.07. The average molecular weight is 341 g/mol. The fourth-order valence-corrected chi connectivity index (χ4v) is 3.23. The highest BCUT2D eigenvalue weighted by molar-refractivity contribution is 9.10. The summed E-state index contributed by atoms with van der Waals surface area (Å²) in [5.41, 5.74) is 6.47. The molecule has 5 heteroatoms. The Kier molecular flexibility index (Phi) is 5.05. The van der Waals surface area contributed by atoms with Crippen molar-refractivity contribution in [1.82, 2.24) is 4.90 Å². The molecular formula is C15H21BrN2O2. The van der Waals surface area contributed by atoms with Crippen molar-refractivity contribution < 1.29 is 9.53 Å². The van der Waals surface area contributed by atoms with E-state index in [1.807, 2.05) is 17.0 Å². The SMILES string of the molecule is COc1ccc(Br)c(C(=O)N2C(C)CCCC2CN)c1. The zero-order valence-corrected chi connectivity index (χ0v) is 13.5. The first-order chi connectivity index (χ1) is 9.58. The molecule has 1 aliphatic heterocycles. The lowest BCUT2D eigenvalue weighted by molar-refractivity contribution is 0.0493. The number of carbonyl (C=O) groups excluding carboxylic acids is 1. The zero-order chi connectivity index (χ0) is 14.7. The highest BCUT2D eigenvalue weighted by Gasteiger charge is 2.32. The van der Waals surface area contributed by atoms with E-state index < -0.39 is 0 Å². The van der Waals surface area contributed by atoms with Gasteiger partial charge in [0.15, 0.2) is 0 Å². The number of likely N-dealkylation sites (tertiary alicyclic amines) is 1. The number of nitrogens with zero attached hydrogens (tertiary/aromatic N) is 1. The molecule has 0 saturated carbocycles. The van der Waals surface area contributed by atoms with Crippen molar-refractivity contribution in [2.75, 3.05) is 13.7 Å². The quantitative estimate of drug-likeness (QED) is 0.920. The van der Waals surface area contributed by atoms with Gasteiger partial charge in [0, 0.05) is 23.1 Å². The molecule has 1 saturated heterocycles. The second kappa shape index (κ2) is 6.59. The number of carbonyl (C=O) groups is 1. The minimum Gasteiger partial charge on any atom is -0.497 e. The summed E-state index contributed by atoms with van der Waals surface area (Å²) in [6.07, 6.45) is 3.14. The number of amides is 1. The highest BCUT2D eigenvalue weighted by atomic mass is 79.9. The molecule has 0 bridgehead atoms. The van der Waals surface area contributed by atoms with E-state index >= 15 is 0 Å². The maximum absolute atomic E-state index is 12.9. The van der Waals surface area contributed by atoms with Gasteiger partial charge in [-0.3, -0.25) is 4.79 Å². The number of rotatable bonds is 3. The van der Waals surface area contributed by atoms with Gasteiger partial charge in [-0.1, -0.05) is 0 Å². The summed E-state index contributed by atoms with van der Waals surface area (Å²) in [4.78, 5) is 14.8. The van der Waals surface area contributed by atoms with E-state index in [1.54, 1.807) is 13.2 Å². The molecule has 0 aromatic heterocycles. The van der Waals surface area contributed by atoms with Crippen molar-refractivity contribution in [3.8, 4) is 5.75 Å². The van der Waals surface area contributed by atoms with E-state index in [-0.39, 0.29) is 18.0 Å². The van der Waals surface area contributed by atoms with Gasteiger partial charge < -0.3 is 15.4 Å². The van der Waals surface area contributed by atoms with Crippen LogP contribution in [0.4, 0.5) is 0 Å². The van der Waals surface area contributed by atoms with Crippen molar-refractivity contribution >= 4 is 21.8 Å². The molecule has 4 nitrogen and oxygen atoms in total. The summed E-state index contributed by atoms with van der Waals surface area (Å²) in [6.45, 7) is 2.60. The average Bonchev–Trinajstić information content (AvgIpc) is 2.46. The number of nitrogens with two attached hydrogens (primary N) is 1. The zero-order valence-electron chi connectivity index (χ0n) is 11.9. The van der Waals surface area contributed by atoms with E-state index in [0.717, 1.165) is 23.7 Å². The lowest BCUT2D eigenvalue weighted by atomic mass is 9.95. The van der Waals surface area contributed by atoms with Gasteiger partial charge in [-0.15, -0.1) is 0 Å². The summed E-state index contributed by atoms with van der Waals surface area (Å²) < 4.78 is 6.00. The van der Waals surface area contributed by atoms with Crippen LogP contribution in [0.1, 0.15) is 36.5 Å². The van der Waals surface area contributed by atoms with Crippen molar-refractivity contribution in [1.29, 1.82) is 0 Å². The van der Waals surface area contributed by atoms with Crippen molar-refractivity contribution in [2.45, 2.75) is 38.3 Å². The van der Waals surface area contributed by atoms with E-state index in [0.29, 0.717) is 17.9 Å². The van der Waals surface area contributed by atoms with Crippen LogP contribution in [0.15, 0.2) is 22.7 Å². The number of halogens is 1. The molecule has 2 N–H and O–H groups in total. The van der Waals surface area contributed by atoms with Crippen LogP contribution >= 0.6 is 15.9 Å². The third kappa shape index (κ3) is 2.99. The Bertz CT molecular complexity index is 493. The lowest BCUT2D eigenvalue weighted by Gasteiger charge is -2.40. The minimum atomic E-state index is 0.0263. The monoisotopic (exact) mass is 340 g/mol.